The number of fused-ring (bicyclic) bond motifs is 3. The SMILES string of the molecule is O=C(Nc1nc(NCCOCc2ccccc2)sc1-c1ccccc1)OCC12CCN(CC1)CC2. The number of piperidine rings is 3. The zero-order valence-corrected chi connectivity index (χ0v) is 20.7. The van der Waals surface area contributed by atoms with Crippen molar-refractivity contribution in [2.45, 2.75) is 25.9 Å². The summed E-state index contributed by atoms with van der Waals surface area (Å²) in [6.45, 7) is 5.56. The van der Waals surface area contributed by atoms with Crippen molar-refractivity contribution in [3.63, 3.8) is 0 Å². The molecule has 7 nitrogen and oxygen atoms in total. The molecule has 2 bridgehead atoms. The summed E-state index contributed by atoms with van der Waals surface area (Å²) in [7, 11) is 0. The second-order valence-corrected chi connectivity index (χ2v) is 10.3. The van der Waals surface area contributed by atoms with Crippen LogP contribution >= 0.6 is 11.3 Å². The molecule has 184 valence electrons. The van der Waals surface area contributed by atoms with Gasteiger partial charge in [-0.15, -0.1) is 0 Å². The Morgan fingerprint density at radius 3 is 2.40 bits per heavy atom. The molecule has 3 aromatic rings. The summed E-state index contributed by atoms with van der Waals surface area (Å²) in [4.78, 5) is 20.8. The molecule has 1 aromatic heterocycles. The highest BCUT2D eigenvalue weighted by Gasteiger charge is 2.40. The summed E-state index contributed by atoms with van der Waals surface area (Å²) in [6.07, 6.45) is 2.87. The maximum atomic E-state index is 12.7. The molecule has 3 aliphatic heterocycles. The van der Waals surface area contributed by atoms with Crippen LogP contribution in [0, 0.1) is 5.41 Å². The monoisotopic (exact) mass is 492 g/mol. The van der Waals surface area contributed by atoms with Crippen LogP contribution in [0.25, 0.3) is 10.4 Å². The van der Waals surface area contributed by atoms with Crippen LogP contribution in [0.4, 0.5) is 15.7 Å². The number of rotatable bonds is 10. The van der Waals surface area contributed by atoms with E-state index in [0.29, 0.717) is 32.2 Å². The van der Waals surface area contributed by atoms with Gasteiger partial charge in [-0.2, -0.15) is 0 Å². The van der Waals surface area contributed by atoms with Crippen LogP contribution in [-0.2, 0) is 16.1 Å². The standard InChI is InChI=1S/C27H32N4O3S/c32-26(34-20-27-11-15-31(16-12-27)17-13-27)30-24-23(22-9-5-2-6-10-22)35-25(29-24)28-14-18-33-19-21-7-3-1-4-8-21/h1-10H,11-20H2,(H,28,29)(H,30,32). The highest BCUT2D eigenvalue weighted by molar-refractivity contribution is 7.19. The van der Waals surface area contributed by atoms with Crippen LogP contribution in [0.15, 0.2) is 60.7 Å². The van der Waals surface area contributed by atoms with Gasteiger partial charge < -0.3 is 19.7 Å². The summed E-state index contributed by atoms with van der Waals surface area (Å²) < 4.78 is 11.5. The summed E-state index contributed by atoms with van der Waals surface area (Å²) in [5.74, 6) is 0.523. The molecule has 1 amide bonds. The minimum Gasteiger partial charge on any atom is -0.449 e. The third-order valence-corrected chi connectivity index (χ3v) is 7.96. The summed E-state index contributed by atoms with van der Waals surface area (Å²) in [5.41, 5.74) is 2.30. The molecule has 2 aromatic carbocycles. The third kappa shape index (κ3) is 6.20. The lowest BCUT2D eigenvalue weighted by atomic mass is 9.73. The number of hydrogen-bond acceptors (Lipinski definition) is 7. The fourth-order valence-electron chi connectivity index (χ4n) is 4.72. The number of ether oxygens (including phenoxy) is 2. The first-order valence-corrected chi connectivity index (χ1v) is 13.1. The smallest absolute Gasteiger partial charge is 0.412 e. The Bertz CT molecular complexity index is 1080. The van der Waals surface area contributed by atoms with Gasteiger partial charge in [-0.1, -0.05) is 72.0 Å². The Hall–Kier alpha value is -2.94. The lowest BCUT2D eigenvalue weighted by Crippen LogP contribution is -2.50. The van der Waals surface area contributed by atoms with E-state index in [1.165, 1.54) is 11.3 Å². The normalized spacial score (nSPS) is 21.0. The Balaban J connectivity index is 1.17. The fourth-order valence-corrected chi connectivity index (χ4v) is 5.68. The average Bonchev–Trinajstić information content (AvgIpc) is 3.32. The van der Waals surface area contributed by atoms with Crippen LogP contribution in [-0.4, -0.2) is 55.4 Å². The lowest BCUT2D eigenvalue weighted by molar-refractivity contribution is -0.0190. The minimum atomic E-state index is -0.437. The largest absolute Gasteiger partial charge is 0.449 e. The van der Waals surface area contributed by atoms with E-state index in [1.54, 1.807) is 0 Å². The van der Waals surface area contributed by atoms with E-state index in [0.717, 1.165) is 60.0 Å². The molecular weight excluding hydrogens is 460 g/mol. The summed E-state index contributed by atoms with van der Waals surface area (Å²) in [6, 6.07) is 20.1. The van der Waals surface area contributed by atoms with Gasteiger partial charge in [0.1, 0.15) is 0 Å². The zero-order valence-electron chi connectivity index (χ0n) is 19.9. The number of amides is 1. The number of hydrogen-bond donors (Lipinski definition) is 2. The molecule has 0 atom stereocenters. The Morgan fingerprint density at radius 2 is 1.69 bits per heavy atom. The molecule has 0 spiro atoms. The molecule has 35 heavy (non-hydrogen) atoms. The van der Waals surface area contributed by atoms with Crippen molar-refractivity contribution < 1.29 is 14.3 Å². The Morgan fingerprint density at radius 1 is 1.00 bits per heavy atom. The van der Waals surface area contributed by atoms with Crippen molar-refractivity contribution in [2.24, 2.45) is 5.41 Å². The first-order valence-electron chi connectivity index (χ1n) is 12.3. The first-order chi connectivity index (χ1) is 17.2. The Labute approximate surface area is 210 Å². The van der Waals surface area contributed by atoms with Crippen molar-refractivity contribution in [2.75, 3.05) is 50.0 Å². The zero-order chi connectivity index (χ0) is 23.9. The van der Waals surface area contributed by atoms with Gasteiger partial charge in [0.05, 0.1) is 24.7 Å². The third-order valence-electron chi connectivity index (χ3n) is 6.90. The topological polar surface area (TPSA) is 75.7 Å². The molecular formula is C27H32N4O3S. The van der Waals surface area contributed by atoms with E-state index in [2.05, 4.69) is 20.5 Å². The predicted octanol–water partition coefficient (Wildman–Crippen LogP) is 5.47. The van der Waals surface area contributed by atoms with E-state index in [9.17, 15) is 4.79 Å². The molecule has 2 N–H and O–H groups in total. The van der Waals surface area contributed by atoms with E-state index in [-0.39, 0.29) is 5.41 Å². The van der Waals surface area contributed by atoms with Crippen LogP contribution in [0.2, 0.25) is 0 Å². The highest BCUT2D eigenvalue weighted by Crippen LogP contribution is 2.40. The molecule has 4 heterocycles. The number of nitrogens with one attached hydrogen (secondary N) is 2. The second kappa shape index (κ2) is 11.2. The van der Waals surface area contributed by atoms with Gasteiger partial charge in [-0.3, -0.25) is 5.32 Å². The van der Waals surface area contributed by atoms with Crippen LogP contribution < -0.4 is 10.6 Å². The van der Waals surface area contributed by atoms with Crippen LogP contribution in [0.3, 0.4) is 0 Å². The lowest BCUT2D eigenvalue weighted by Gasteiger charge is -2.47. The van der Waals surface area contributed by atoms with Crippen molar-refractivity contribution >= 4 is 28.4 Å². The average molecular weight is 493 g/mol. The molecule has 3 fully saturated rings. The number of anilines is 2. The number of benzene rings is 2. The van der Waals surface area contributed by atoms with E-state index in [1.807, 2.05) is 60.7 Å². The van der Waals surface area contributed by atoms with Gasteiger partial charge in [0.25, 0.3) is 0 Å². The van der Waals surface area contributed by atoms with Crippen LogP contribution in [0.5, 0.6) is 0 Å². The van der Waals surface area contributed by atoms with Gasteiger partial charge in [0, 0.05) is 12.0 Å². The van der Waals surface area contributed by atoms with Gasteiger partial charge in [0.15, 0.2) is 10.9 Å². The maximum absolute atomic E-state index is 12.7. The molecule has 0 aliphatic carbocycles. The van der Waals surface area contributed by atoms with Gasteiger partial charge in [-0.25, -0.2) is 9.78 Å². The second-order valence-electron chi connectivity index (χ2n) is 9.32. The fraction of sp³-hybridized carbons (Fsp3) is 0.407. The number of thiazole rings is 1. The van der Waals surface area contributed by atoms with Gasteiger partial charge in [0.2, 0.25) is 0 Å². The van der Waals surface area contributed by atoms with Crippen molar-refractivity contribution in [1.82, 2.24) is 9.88 Å². The summed E-state index contributed by atoms with van der Waals surface area (Å²) in [5, 5.41) is 6.96. The molecule has 0 unspecified atom stereocenters. The van der Waals surface area contributed by atoms with Crippen LogP contribution in [0.1, 0.15) is 24.8 Å². The number of carbonyl (C=O) groups is 1. The molecule has 3 saturated heterocycles. The van der Waals surface area contributed by atoms with Crippen molar-refractivity contribution in [3.8, 4) is 10.4 Å². The van der Waals surface area contributed by atoms with Gasteiger partial charge in [-0.05, 0) is 50.0 Å². The molecule has 6 rings (SSSR count). The number of nitrogens with zero attached hydrogens (tertiary/aromatic N) is 2. The molecule has 8 heteroatoms. The van der Waals surface area contributed by atoms with Crippen molar-refractivity contribution in [1.29, 1.82) is 0 Å². The number of aromatic nitrogens is 1. The maximum Gasteiger partial charge on any atom is 0.412 e. The van der Waals surface area contributed by atoms with Crippen molar-refractivity contribution in [3.05, 3.63) is 66.2 Å². The van der Waals surface area contributed by atoms with E-state index >= 15 is 0 Å². The van der Waals surface area contributed by atoms with E-state index < -0.39 is 6.09 Å². The highest BCUT2D eigenvalue weighted by atomic mass is 32.1. The van der Waals surface area contributed by atoms with Gasteiger partial charge >= 0.3 is 6.09 Å². The minimum absolute atomic E-state index is 0.142. The molecule has 3 aliphatic rings. The quantitative estimate of drug-likeness (QED) is 0.366. The number of carbonyl (C=O) groups excluding carboxylic acids is 1. The molecule has 0 radical (unpaired) electrons. The Kier molecular flexibility index (Phi) is 7.61. The summed E-state index contributed by atoms with van der Waals surface area (Å²) >= 11 is 1.51. The van der Waals surface area contributed by atoms with E-state index in [4.69, 9.17) is 9.47 Å². The first kappa shape index (κ1) is 23.8. The molecule has 0 saturated carbocycles. The predicted molar refractivity (Wildman–Crippen MR) is 140 cm³/mol.